The van der Waals surface area contributed by atoms with Crippen molar-refractivity contribution in [2.24, 2.45) is 5.92 Å². The molecule has 0 aromatic heterocycles. The Balaban J connectivity index is 4.30. The van der Waals surface area contributed by atoms with E-state index in [0.717, 1.165) is 0 Å². The first-order valence-corrected chi connectivity index (χ1v) is 5.32. The van der Waals surface area contributed by atoms with E-state index in [1.165, 1.54) is 0 Å². The number of aliphatic hydroxyl groups excluding tert-OH is 6. The van der Waals surface area contributed by atoms with Gasteiger partial charge in [-0.15, -0.1) is 0 Å². The fourth-order valence-corrected chi connectivity index (χ4v) is 1.39. The van der Waals surface area contributed by atoms with Crippen LogP contribution in [-0.4, -0.2) is 67.8 Å². The van der Waals surface area contributed by atoms with E-state index >= 15 is 0 Å². The summed E-state index contributed by atoms with van der Waals surface area (Å²) in [5.74, 6) is 0.122. The molecule has 6 heteroatoms. The van der Waals surface area contributed by atoms with Gasteiger partial charge < -0.3 is 30.6 Å². The molecule has 98 valence electrons. The molecule has 0 radical (unpaired) electrons. The van der Waals surface area contributed by atoms with Gasteiger partial charge in [-0.3, -0.25) is 0 Å². The summed E-state index contributed by atoms with van der Waals surface area (Å²) in [4.78, 5) is 0. The highest BCUT2D eigenvalue weighted by Gasteiger charge is 2.33. The fraction of sp³-hybridized carbons (Fsp3) is 1.00. The minimum atomic E-state index is -1.70. The van der Waals surface area contributed by atoms with Gasteiger partial charge >= 0.3 is 0 Å². The Bertz CT molecular complexity index is 186. The minimum absolute atomic E-state index is 0.122. The third-order valence-corrected chi connectivity index (χ3v) is 2.39. The molecule has 0 spiro atoms. The number of hydrogen-bond donors (Lipinski definition) is 6. The van der Waals surface area contributed by atoms with Crippen molar-refractivity contribution in [3.05, 3.63) is 0 Å². The maximum atomic E-state index is 9.50. The third-order valence-electron chi connectivity index (χ3n) is 2.39. The van der Waals surface area contributed by atoms with E-state index in [2.05, 4.69) is 0 Å². The van der Waals surface area contributed by atoms with Gasteiger partial charge in [-0.05, 0) is 12.3 Å². The summed E-state index contributed by atoms with van der Waals surface area (Å²) in [6.45, 7) is 2.94. The normalized spacial score (nSPS) is 21.6. The molecule has 0 heterocycles. The maximum absolute atomic E-state index is 9.50. The summed E-state index contributed by atoms with van der Waals surface area (Å²) in [5.41, 5.74) is 0. The monoisotopic (exact) mass is 238 g/mol. The Hall–Kier alpha value is -0.240. The lowest BCUT2D eigenvalue weighted by atomic mass is 9.94. The third kappa shape index (κ3) is 4.73. The highest BCUT2D eigenvalue weighted by molar-refractivity contribution is 4.84. The standard InChI is InChI=1S/C10H22O6/c1-5(2)3-6(12)8(14)10(16)9(15)7(13)4-11/h5-16H,3-4H2,1-2H3/t6?,7-,8+,9-,10-/m1/s1. The molecule has 0 rings (SSSR count). The maximum Gasteiger partial charge on any atom is 0.111 e. The van der Waals surface area contributed by atoms with Crippen LogP contribution in [0.15, 0.2) is 0 Å². The predicted molar refractivity (Wildman–Crippen MR) is 56.6 cm³/mol. The molecule has 16 heavy (non-hydrogen) atoms. The van der Waals surface area contributed by atoms with Gasteiger partial charge in [0.1, 0.15) is 24.4 Å². The van der Waals surface area contributed by atoms with Gasteiger partial charge in [0.25, 0.3) is 0 Å². The van der Waals surface area contributed by atoms with Gasteiger partial charge in [0.2, 0.25) is 0 Å². The first kappa shape index (κ1) is 15.8. The molecular weight excluding hydrogens is 216 g/mol. The second-order valence-corrected chi connectivity index (χ2v) is 4.42. The van der Waals surface area contributed by atoms with Crippen LogP contribution in [0.3, 0.4) is 0 Å². The molecule has 5 atom stereocenters. The lowest BCUT2D eigenvalue weighted by Crippen LogP contribution is -2.50. The lowest BCUT2D eigenvalue weighted by Gasteiger charge is -2.29. The highest BCUT2D eigenvalue weighted by Crippen LogP contribution is 2.14. The molecule has 0 aromatic carbocycles. The van der Waals surface area contributed by atoms with E-state index < -0.39 is 37.1 Å². The van der Waals surface area contributed by atoms with Crippen molar-refractivity contribution >= 4 is 0 Å². The van der Waals surface area contributed by atoms with Crippen LogP contribution in [-0.2, 0) is 0 Å². The summed E-state index contributed by atoms with van der Waals surface area (Å²) in [7, 11) is 0. The van der Waals surface area contributed by atoms with Crippen molar-refractivity contribution < 1.29 is 30.6 Å². The molecule has 0 aliphatic carbocycles. The van der Waals surface area contributed by atoms with Gasteiger partial charge in [0.15, 0.2) is 0 Å². The van der Waals surface area contributed by atoms with Crippen LogP contribution in [0.4, 0.5) is 0 Å². The van der Waals surface area contributed by atoms with E-state index in [-0.39, 0.29) is 12.3 Å². The molecule has 0 saturated heterocycles. The van der Waals surface area contributed by atoms with Gasteiger partial charge in [-0.25, -0.2) is 0 Å². The molecule has 0 aromatic rings. The van der Waals surface area contributed by atoms with Crippen molar-refractivity contribution in [2.45, 2.75) is 50.8 Å². The quantitative estimate of drug-likeness (QED) is 0.300. The molecule has 0 bridgehead atoms. The van der Waals surface area contributed by atoms with Gasteiger partial charge in [0, 0.05) is 0 Å². The smallest absolute Gasteiger partial charge is 0.111 e. The first-order valence-electron chi connectivity index (χ1n) is 5.32. The Morgan fingerprint density at radius 1 is 0.750 bits per heavy atom. The fourth-order valence-electron chi connectivity index (χ4n) is 1.39. The SMILES string of the molecule is CC(C)CC(O)[C@H](O)[C@@H](O)[C@H](O)[C@H](O)CO. The van der Waals surface area contributed by atoms with Crippen molar-refractivity contribution in [1.82, 2.24) is 0 Å². The molecule has 0 saturated carbocycles. The van der Waals surface area contributed by atoms with E-state index in [9.17, 15) is 20.4 Å². The van der Waals surface area contributed by atoms with Crippen LogP contribution in [0.1, 0.15) is 20.3 Å². The topological polar surface area (TPSA) is 121 Å². The Kier molecular flexibility index (Phi) is 7.05. The second-order valence-electron chi connectivity index (χ2n) is 4.42. The molecule has 0 aliphatic rings. The van der Waals surface area contributed by atoms with Crippen LogP contribution in [0, 0.1) is 5.92 Å². The van der Waals surface area contributed by atoms with Gasteiger partial charge in [-0.1, -0.05) is 13.8 Å². The zero-order valence-corrected chi connectivity index (χ0v) is 9.56. The first-order chi connectivity index (χ1) is 7.31. The Morgan fingerprint density at radius 2 is 1.19 bits per heavy atom. The zero-order valence-electron chi connectivity index (χ0n) is 9.56. The largest absolute Gasteiger partial charge is 0.394 e. The Morgan fingerprint density at radius 3 is 1.56 bits per heavy atom. The summed E-state index contributed by atoms with van der Waals surface area (Å²) < 4.78 is 0. The molecular formula is C10H22O6. The molecule has 1 unspecified atom stereocenters. The van der Waals surface area contributed by atoms with Crippen molar-refractivity contribution in [2.75, 3.05) is 6.61 Å². The second kappa shape index (κ2) is 7.16. The molecule has 0 aliphatic heterocycles. The predicted octanol–water partition coefficient (Wildman–Crippen LogP) is -2.17. The highest BCUT2D eigenvalue weighted by atomic mass is 16.4. The zero-order chi connectivity index (χ0) is 12.9. The van der Waals surface area contributed by atoms with Crippen molar-refractivity contribution in [1.29, 1.82) is 0 Å². The summed E-state index contributed by atoms with van der Waals surface area (Å²) in [6.07, 6.45) is -7.41. The van der Waals surface area contributed by atoms with Crippen molar-refractivity contribution in [3.8, 4) is 0 Å². The van der Waals surface area contributed by atoms with Crippen LogP contribution in [0.25, 0.3) is 0 Å². The molecule has 6 nitrogen and oxygen atoms in total. The van der Waals surface area contributed by atoms with E-state index in [1.54, 1.807) is 0 Å². The number of aliphatic hydroxyl groups is 6. The lowest BCUT2D eigenvalue weighted by molar-refractivity contribution is -0.142. The van der Waals surface area contributed by atoms with Gasteiger partial charge in [-0.2, -0.15) is 0 Å². The molecule has 6 N–H and O–H groups in total. The van der Waals surface area contributed by atoms with Crippen LogP contribution in [0.5, 0.6) is 0 Å². The van der Waals surface area contributed by atoms with Crippen LogP contribution in [0.2, 0.25) is 0 Å². The van der Waals surface area contributed by atoms with E-state index in [0.29, 0.717) is 0 Å². The summed E-state index contributed by atoms with van der Waals surface area (Å²) in [6, 6.07) is 0. The minimum Gasteiger partial charge on any atom is -0.394 e. The Labute approximate surface area is 94.8 Å². The molecule has 0 amide bonds. The van der Waals surface area contributed by atoms with Crippen LogP contribution >= 0.6 is 0 Å². The number of hydrogen-bond acceptors (Lipinski definition) is 6. The average molecular weight is 238 g/mol. The van der Waals surface area contributed by atoms with Crippen molar-refractivity contribution in [3.63, 3.8) is 0 Å². The van der Waals surface area contributed by atoms with E-state index in [4.69, 9.17) is 10.2 Å². The molecule has 0 fully saturated rings. The summed E-state index contributed by atoms with van der Waals surface area (Å²) >= 11 is 0. The van der Waals surface area contributed by atoms with Crippen LogP contribution < -0.4 is 0 Å². The van der Waals surface area contributed by atoms with Gasteiger partial charge in [0.05, 0.1) is 12.7 Å². The van der Waals surface area contributed by atoms with E-state index in [1.807, 2.05) is 13.8 Å². The summed E-state index contributed by atoms with van der Waals surface area (Å²) in [5, 5.41) is 55.4. The number of rotatable bonds is 7. The average Bonchev–Trinajstić information content (AvgIpc) is 2.23.